The third-order valence-corrected chi connectivity index (χ3v) is 7.30. The smallest absolute Gasteiger partial charge is 0.263 e. The van der Waals surface area contributed by atoms with Crippen LogP contribution in [0, 0.1) is 13.8 Å². The van der Waals surface area contributed by atoms with E-state index in [1.807, 2.05) is 50.2 Å². The van der Waals surface area contributed by atoms with Crippen LogP contribution in [-0.4, -0.2) is 20.9 Å². The van der Waals surface area contributed by atoms with E-state index in [9.17, 15) is 13.2 Å². The predicted molar refractivity (Wildman–Crippen MR) is 125 cm³/mol. The summed E-state index contributed by atoms with van der Waals surface area (Å²) in [6.07, 6.45) is 1.77. The second-order valence-corrected chi connectivity index (χ2v) is 9.82. The van der Waals surface area contributed by atoms with Gasteiger partial charge >= 0.3 is 0 Å². The molecule has 0 aromatic heterocycles. The van der Waals surface area contributed by atoms with Crippen LogP contribution in [0.2, 0.25) is 5.02 Å². The second kappa shape index (κ2) is 8.36. The van der Waals surface area contributed by atoms with E-state index in [0.717, 1.165) is 35.2 Å². The van der Waals surface area contributed by atoms with E-state index < -0.39 is 10.0 Å². The molecule has 0 bridgehead atoms. The van der Waals surface area contributed by atoms with Gasteiger partial charge in [0.1, 0.15) is 4.90 Å². The Hall–Kier alpha value is -2.83. The zero-order valence-corrected chi connectivity index (χ0v) is 18.9. The van der Waals surface area contributed by atoms with E-state index in [1.54, 1.807) is 17.0 Å². The molecule has 1 amide bonds. The fraction of sp³-hybridized carbons (Fsp3) is 0.208. The molecule has 0 atom stereocenters. The largest absolute Gasteiger partial charge is 0.308 e. The van der Waals surface area contributed by atoms with Gasteiger partial charge in [0, 0.05) is 17.8 Å². The molecule has 1 aliphatic rings. The van der Waals surface area contributed by atoms with Crippen LogP contribution in [0.25, 0.3) is 0 Å². The highest BCUT2D eigenvalue weighted by Gasteiger charge is 2.26. The first-order valence-electron chi connectivity index (χ1n) is 10.1. The Labute approximate surface area is 187 Å². The van der Waals surface area contributed by atoms with Crippen molar-refractivity contribution in [1.82, 2.24) is 0 Å². The Morgan fingerprint density at radius 1 is 1.03 bits per heavy atom. The Morgan fingerprint density at radius 3 is 2.58 bits per heavy atom. The molecule has 1 aliphatic heterocycles. The van der Waals surface area contributed by atoms with E-state index in [-0.39, 0.29) is 21.4 Å². The Bertz CT molecular complexity index is 1270. The van der Waals surface area contributed by atoms with E-state index in [2.05, 4.69) is 4.72 Å². The summed E-state index contributed by atoms with van der Waals surface area (Å²) in [4.78, 5) is 14.9. The van der Waals surface area contributed by atoms with Crippen molar-refractivity contribution in [2.24, 2.45) is 0 Å². The summed E-state index contributed by atoms with van der Waals surface area (Å²) in [5, 5.41) is 0.0628. The molecule has 0 aliphatic carbocycles. The Morgan fingerprint density at radius 2 is 1.81 bits per heavy atom. The predicted octanol–water partition coefficient (Wildman–Crippen LogP) is 5.35. The zero-order chi connectivity index (χ0) is 22.2. The molecule has 1 heterocycles. The van der Waals surface area contributed by atoms with Crippen LogP contribution in [0.4, 0.5) is 11.4 Å². The van der Waals surface area contributed by atoms with E-state index in [4.69, 9.17) is 11.6 Å². The molecule has 31 heavy (non-hydrogen) atoms. The number of sulfonamides is 1. The first kappa shape index (κ1) is 21.4. The SMILES string of the molecule is Cc1ccc(NS(=O)(=O)c2cc(C(=O)N3CCCc4ccccc43)ccc2Cl)c(C)c1. The Balaban J connectivity index is 1.68. The molecule has 160 valence electrons. The average Bonchev–Trinajstić information content (AvgIpc) is 2.75. The number of para-hydroxylation sites is 1. The molecule has 4 rings (SSSR count). The zero-order valence-electron chi connectivity index (χ0n) is 17.4. The van der Waals surface area contributed by atoms with Gasteiger partial charge in [0.25, 0.3) is 15.9 Å². The van der Waals surface area contributed by atoms with E-state index in [0.29, 0.717) is 12.2 Å². The summed E-state index contributed by atoms with van der Waals surface area (Å²) in [6.45, 7) is 4.36. The number of carbonyl (C=O) groups excluding carboxylic acids is 1. The summed E-state index contributed by atoms with van der Waals surface area (Å²) < 4.78 is 28.8. The lowest BCUT2D eigenvalue weighted by molar-refractivity contribution is 0.0985. The fourth-order valence-electron chi connectivity index (χ4n) is 3.87. The molecular formula is C24H23ClN2O3S. The maximum absolute atomic E-state index is 13.3. The average molecular weight is 455 g/mol. The van der Waals surface area contributed by atoms with Crippen molar-refractivity contribution in [3.63, 3.8) is 0 Å². The van der Waals surface area contributed by atoms with Gasteiger partial charge in [-0.1, -0.05) is 47.5 Å². The summed E-state index contributed by atoms with van der Waals surface area (Å²) in [7, 11) is -3.98. The van der Waals surface area contributed by atoms with Crippen molar-refractivity contribution in [1.29, 1.82) is 0 Å². The number of hydrogen-bond donors (Lipinski definition) is 1. The summed E-state index contributed by atoms with van der Waals surface area (Å²) in [6, 6.07) is 17.6. The van der Waals surface area contributed by atoms with Gasteiger partial charge in [0.2, 0.25) is 0 Å². The molecule has 5 nitrogen and oxygen atoms in total. The quantitative estimate of drug-likeness (QED) is 0.577. The lowest BCUT2D eigenvalue weighted by atomic mass is 10.0. The highest BCUT2D eigenvalue weighted by atomic mass is 35.5. The van der Waals surface area contributed by atoms with Gasteiger partial charge in [0.05, 0.1) is 10.7 Å². The van der Waals surface area contributed by atoms with Crippen LogP contribution in [-0.2, 0) is 16.4 Å². The van der Waals surface area contributed by atoms with Crippen LogP contribution in [0.5, 0.6) is 0 Å². The molecule has 1 N–H and O–H groups in total. The molecule has 0 unspecified atom stereocenters. The van der Waals surface area contributed by atoms with E-state index >= 15 is 0 Å². The standard InChI is InChI=1S/C24H23ClN2O3S/c1-16-9-12-21(17(2)14-16)26-31(29,30)23-15-19(10-11-20(23)25)24(28)27-13-5-7-18-6-3-4-8-22(18)27/h3-4,6,8-12,14-15,26H,5,7,13H2,1-2H3. The van der Waals surface area contributed by atoms with Crippen LogP contribution in [0.15, 0.2) is 65.6 Å². The number of nitrogens with zero attached hydrogens (tertiary/aromatic N) is 1. The molecular weight excluding hydrogens is 432 g/mol. The summed E-state index contributed by atoms with van der Waals surface area (Å²) in [5.41, 5.74) is 4.57. The maximum Gasteiger partial charge on any atom is 0.263 e. The van der Waals surface area contributed by atoms with Crippen LogP contribution >= 0.6 is 11.6 Å². The number of halogens is 1. The number of rotatable bonds is 4. The number of benzene rings is 3. The Kier molecular flexibility index (Phi) is 5.77. The summed E-state index contributed by atoms with van der Waals surface area (Å²) >= 11 is 6.24. The lowest BCUT2D eigenvalue weighted by Gasteiger charge is -2.29. The molecule has 0 saturated heterocycles. The van der Waals surface area contributed by atoms with E-state index in [1.165, 1.54) is 12.1 Å². The monoisotopic (exact) mass is 454 g/mol. The van der Waals surface area contributed by atoms with Gasteiger partial charge in [-0.2, -0.15) is 0 Å². The number of nitrogens with one attached hydrogen (secondary N) is 1. The maximum atomic E-state index is 13.3. The molecule has 0 fully saturated rings. The van der Waals surface area contributed by atoms with Crippen LogP contribution in [0.1, 0.15) is 33.5 Å². The molecule has 3 aromatic rings. The van der Waals surface area contributed by atoms with Crippen LogP contribution < -0.4 is 9.62 Å². The minimum absolute atomic E-state index is 0.0628. The fourth-order valence-corrected chi connectivity index (χ4v) is 5.53. The number of carbonyl (C=O) groups is 1. The number of fused-ring (bicyclic) bond motifs is 1. The highest BCUT2D eigenvalue weighted by Crippen LogP contribution is 2.31. The lowest BCUT2D eigenvalue weighted by Crippen LogP contribution is -2.35. The first-order valence-corrected chi connectivity index (χ1v) is 11.9. The number of hydrogen-bond acceptors (Lipinski definition) is 3. The molecule has 7 heteroatoms. The molecule has 0 radical (unpaired) electrons. The van der Waals surface area contributed by atoms with Crippen LogP contribution in [0.3, 0.4) is 0 Å². The molecule has 3 aromatic carbocycles. The van der Waals surface area contributed by atoms with Gasteiger partial charge in [-0.15, -0.1) is 0 Å². The number of anilines is 2. The van der Waals surface area contributed by atoms with Gasteiger partial charge < -0.3 is 4.90 Å². The normalized spacial score (nSPS) is 13.6. The molecule has 0 spiro atoms. The van der Waals surface area contributed by atoms with Crippen molar-refractivity contribution in [2.45, 2.75) is 31.6 Å². The van der Waals surface area contributed by atoms with Crippen molar-refractivity contribution >= 4 is 38.9 Å². The third kappa shape index (κ3) is 4.31. The second-order valence-electron chi connectivity index (χ2n) is 7.76. The van der Waals surface area contributed by atoms with Crippen molar-refractivity contribution in [3.8, 4) is 0 Å². The van der Waals surface area contributed by atoms with Gasteiger partial charge in [0.15, 0.2) is 0 Å². The van der Waals surface area contributed by atoms with Crippen molar-refractivity contribution < 1.29 is 13.2 Å². The highest BCUT2D eigenvalue weighted by molar-refractivity contribution is 7.92. The van der Waals surface area contributed by atoms with Crippen molar-refractivity contribution in [3.05, 3.63) is 87.9 Å². The minimum atomic E-state index is -3.98. The minimum Gasteiger partial charge on any atom is -0.308 e. The summed E-state index contributed by atoms with van der Waals surface area (Å²) in [5.74, 6) is -0.244. The van der Waals surface area contributed by atoms with Gasteiger partial charge in [-0.25, -0.2) is 8.42 Å². The third-order valence-electron chi connectivity index (χ3n) is 5.45. The number of aryl methyl sites for hydroxylation is 3. The van der Waals surface area contributed by atoms with Crippen molar-refractivity contribution in [2.75, 3.05) is 16.2 Å². The number of amides is 1. The van der Waals surface area contributed by atoms with Gasteiger partial charge in [-0.3, -0.25) is 9.52 Å². The molecule has 0 saturated carbocycles. The topological polar surface area (TPSA) is 66.5 Å². The van der Waals surface area contributed by atoms with Gasteiger partial charge in [-0.05, 0) is 68.1 Å². The first-order chi connectivity index (χ1) is 14.8.